The highest BCUT2D eigenvalue weighted by Crippen LogP contribution is 2.28. The van der Waals surface area contributed by atoms with E-state index in [4.69, 9.17) is 14.5 Å². The number of carbonyl (C=O) groups is 2. The Morgan fingerprint density at radius 1 is 1.14 bits per heavy atom. The molecule has 0 aliphatic heterocycles. The normalized spacial score (nSPS) is 15.2. The Balaban J connectivity index is 4.91. The lowest BCUT2D eigenvalue weighted by Gasteiger charge is -2.31. The monoisotopic (exact) mass is 446 g/mol. The summed E-state index contributed by atoms with van der Waals surface area (Å²) in [7, 11) is -8.42. The minimum Gasteiger partial charge on any atom is -0.481 e. The van der Waals surface area contributed by atoms with Crippen molar-refractivity contribution in [3.05, 3.63) is 0 Å². The van der Waals surface area contributed by atoms with Gasteiger partial charge in [-0.3, -0.25) is 18.3 Å². The third-order valence-corrected chi connectivity index (χ3v) is 6.22. The molecule has 0 heterocycles. The zero-order chi connectivity index (χ0) is 22.3. The number of nitrogens with one attached hydrogen (secondary N) is 1. The van der Waals surface area contributed by atoms with E-state index in [9.17, 15) is 31.5 Å². The zero-order valence-electron chi connectivity index (χ0n) is 16.4. The largest absolute Gasteiger partial charge is 0.481 e. The third kappa shape index (κ3) is 10.3. The van der Waals surface area contributed by atoms with Gasteiger partial charge in [0.2, 0.25) is 5.91 Å². The van der Waals surface area contributed by atoms with Gasteiger partial charge in [0.25, 0.3) is 20.2 Å². The van der Waals surface area contributed by atoms with Gasteiger partial charge >= 0.3 is 5.97 Å². The van der Waals surface area contributed by atoms with Crippen LogP contribution in [0.2, 0.25) is 0 Å². The Hall–Kier alpha value is -1.28. The Bertz CT molecular complexity index is 745. The Kier molecular flexibility index (Phi) is 10.0. The Morgan fingerprint density at radius 2 is 1.68 bits per heavy atom. The maximum absolute atomic E-state index is 11.9. The van der Waals surface area contributed by atoms with Gasteiger partial charge in [-0.15, -0.1) is 0 Å². The molecule has 0 aromatic heterocycles. The summed E-state index contributed by atoms with van der Waals surface area (Å²) in [5.41, 5.74) is 4.52. The van der Waals surface area contributed by atoms with Gasteiger partial charge < -0.3 is 16.2 Å². The van der Waals surface area contributed by atoms with Crippen LogP contribution >= 0.6 is 0 Å². The van der Waals surface area contributed by atoms with E-state index in [1.807, 2.05) is 0 Å². The van der Waals surface area contributed by atoms with Crippen LogP contribution in [0.5, 0.6) is 0 Å². The number of carboxylic acids is 1. The first-order chi connectivity index (χ1) is 12.5. The van der Waals surface area contributed by atoms with Gasteiger partial charge in [0, 0.05) is 12.0 Å². The molecule has 0 saturated heterocycles. The van der Waals surface area contributed by atoms with Gasteiger partial charge in [0.05, 0.1) is 30.1 Å². The summed E-state index contributed by atoms with van der Waals surface area (Å²) in [6.07, 6.45) is -0.368. The molecule has 5 N–H and O–H groups in total. The van der Waals surface area contributed by atoms with E-state index in [0.717, 1.165) is 0 Å². The molecular formula is C15H30N2O9S2. The number of carboxylic acid groups (broad SMARTS) is 1. The molecule has 0 aromatic carbocycles. The van der Waals surface area contributed by atoms with Crippen LogP contribution in [0.4, 0.5) is 0 Å². The van der Waals surface area contributed by atoms with E-state index in [1.54, 1.807) is 13.8 Å². The summed E-state index contributed by atoms with van der Waals surface area (Å²) in [6, 6.07) is -0.808. The molecule has 0 bridgehead atoms. The van der Waals surface area contributed by atoms with Crippen LogP contribution < -0.4 is 11.1 Å². The number of hydrogen-bond acceptors (Lipinski definition) is 8. The summed E-state index contributed by atoms with van der Waals surface area (Å²) < 4.78 is 58.4. The number of aliphatic carboxylic acids is 1. The van der Waals surface area contributed by atoms with Crippen molar-refractivity contribution in [2.75, 3.05) is 24.7 Å². The fourth-order valence-corrected chi connectivity index (χ4v) is 3.93. The van der Waals surface area contributed by atoms with E-state index >= 15 is 0 Å². The van der Waals surface area contributed by atoms with Crippen LogP contribution in [0.1, 0.15) is 34.1 Å². The summed E-state index contributed by atoms with van der Waals surface area (Å²) in [4.78, 5) is 23.5. The highest BCUT2D eigenvalue weighted by molar-refractivity contribution is 7.87. The molecule has 11 nitrogen and oxygen atoms in total. The van der Waals surface area contributed by atoms with Crippen LogP contribution in [-0.4, -0.2) is 69.1 Å². The molecule has 0 aliphatic carbocycles. The van der Waals surface area contributed by atoms with Crippen LogP contribution in [-0.2, 0) is 34.0 Å². The molecule has 0 unspecified atom stereocenters. The van der Waals surface area contributed by atoms with Crippen molar-refractivity contribution in [3.8, 4) is 0 Å². The van der Waals surface area contributed by atoms with Crippen LogP contribution in [0, 0.1) is 17.3 Å². The minimum absolute atomic E-state index is 0.146. The Labute approximate surface area is 165 Å². The van der Waals surface area contributed by atoms with Crippen molar-refractivity contribution < 1.29 is 40.3 Å². The fraction of sp³-hybridized carbons (Fsp3) is 0.867. The number of nitrogens with two attached hydrogens (primary N) is 1. The molecule has 13 heteroatoms. The lowest BCUT2D eigenvalue weighted by Crippen LogP contribution is -2.49. The highest BCUT2D eigenvalue weighted by atomic mass is 32.2. The van der Waals surface area contributed by atoms with Crippen molar-refractivity contribution in [2.24, 2.45) is 23.0 Å². The van der Waals surface area contributed by atoms with Crippen molar-refractivity contribution in [1.82, 2.24) is 5.32 Å². The summed E-state index contributed by atoms with van der Waals surface area (Å²) in [5, 5.41) is 11.9. The highest BCUT2D eigenvalue weighted by Gasteiger charge is 2.37. The molecule has 0 aliphatic rings. The summed E-state index contributed by atoms with van der Waals surface area (Å²) in [5.74, 6) is -4.47. The lowest BCUT2D eigenvalue weighted by molar-refractivity contribution is -0.146. The lowest BCUT2D eigenvalue weighted by atomic mass is 9.79. The number of amides is 1. The molecule has 0 spiro atoms. The van der Waals surface area contributed by atoms with Gasteiger partial charge in [-0.2, -0.15) is 16.8 Å². The van der Waals surface area contributed by atoms with Gasteiger partial charge in [-0.1, -0.05) is 27.7 Å². The van der Waals surface area contributed by atoms with Gasteiger partial charge in [-0.25, -0.2) is 0 Å². The molecule has 0 rings (SSSR count). The summed E-state index contributed by atoms with van der Waals surface area (Å²) in [6.45, 7) is 5.65. The number of carbonyl (C=O) groups excluding carboxylic acids is 1. The molecule has 28 heavy (non-hydrogen) atoms. The molecule has 0 fully saturated rings. The molecule has 0 radical (unpaired) electrons. The van der Waals surface area contributed by atoms with Gasteiger partial charge in [0.1, 0.15) is 0 Å². The van der Waals surface area contributed by atoms with Crippen LogP contribution in [0.3, 0.4) is 0 Å². The molecule has 166 valence electrons. The first kappa shape index (κ1) is 26.7. The number of rotatable bonds is 13. The average molecular weight is 447 g/mol. The molecule has 0 aromatic rings. The quantitative estimate of drug-likeness (QED) is 0.210. The van der Waals surface area contributed by atoms with Crippen molar-refractivity contribution in [3.63, 3.8) is 0 Å². The third-order valence-electron chi connectivity index (χ3n) is 4.15. The maximum Gasteiger partial charge on any atom is 0.308 e. The summed E-state index contributed by atoms with van der Waals surface area (Å²) >= 11 is 0. The second-order valence-electron chi connectivity index (χ2n) is 7.56. The molecular weight excluding hydrogens is 416 g/mol. The molecule has 0 saturated carbocycles. The van der Waals surface area contributed by atoms with E-state index in [2.05, 4.69) is 5.32 Å². The molecule has 1 amide bonds. The smallest absolute Gasteiger partial charge is 0.308 e. The van der Waals surface area contributed by atoms with Crippen molar-refractivity contribution in [1.29, 1.82) is 0 Å². The van der Waals surface area contributed by atoms with Crippen LogP contribution in [0.25, 0.3) is 0 Å². The van der Waals surface area contributed by atoms with E-state index in [0.29, 0.717) is 0 Å². The average Bonchev–Trinajstić information content (AvgIpc) is 2.50. The standard InChI is InChI=1S/C15H30N2O9S2/c1-10(2)12(16)13(18)17-8-11(14(19)20)15(3,4)9-26-28(24,25)7-5-6-27(21,22)23/h10-12H,5-9,16H2,1-4H3,(H,17,18)(H,19,20)(H,21,22,23)/t11-,12-/m0/s1. The first-order valence-electron chi connectivity index (χ1n) is 8.57. The minimum atomic E-state index is -4.29. The topological polar surface area (TPSA) is 190 Å². The first-order valence-corrected chi connectivity index (χ1v) is 11.8. The Morgan fingerprint density at radius 3 is 2.11 bits per heavy atom. The van der Waals surface area contributed by atoms with E-state index in [-0.39, 0.29) is 18.9 Å². The predicted octanol–water partition coefficient (Wildman–Crippen LogP) is -0.563. The predicted molar refractivity (Wildman–Crippen MR) is 102 cm³/mol. The fourth-order valence-electron chi connectivity index (χ4n) is 2.14. The number of hydrogen-bond donors (Lipinski definition) is 4. The van der Waals surface area contributed by atoms with Crippen LogP contribution in [0.15, 0.2) is 0 Å². The van der Waals surface area contributed by atoms with Crippen molar-refractivity contribution >= 4 is 32.1 Å². The van der Waals surface area contributed by atoms with E-state index in [1.165, 1.54) is 13.8 Å². The maximum atomic E-state index is 11.9. The van der Waals surface area contributed by atoms with E-state index < -0.39 is 67.6 Å². The van der Waals surface area contributed by atoms with Gasteiger partial charge in [-0.05, 0) is 12.3 Å². The molecule has 2 atom stereocenters. The van der Waals surface area contributed by atoms with Crippen molar-refractivity contribution in [2.45, 2.75) is 40.2 Å². The SMILES string of the molecule is CC(C)[C@H](N)C(=O)NC[C@@H](C(=O)O)C(C)(C)COS(=O)(=O)CCCS(=O)(=O)O. The van der Waals surface area contributed by atoms with Gasteiger partial charge in [0.15, 0.2) is 0 Å². The second kappa shape index (κ2) is 10.5. The zero-order valence-corrected chi connectivity index (χ0v) is 18.0. The second-order valence-corrected chi connectivity index (χ2v) is 10.9.